The van der Waals surface area contributed by atoms with E-state index in [4.69, 9.17) is 5.11 Å². The van der Waals surface area contributed by atoms with E-state index in [9.17, 15) is 5.11 Å². The predicted octanol–water partition coefficient (Wildman–Crippen LogP) is 2.04. The van der Waals surface area contributed by atoms with E-state index in [2.05, 4.69) is 22.0 Å². The highest BCUT2D eigenvalue weighted by atomic mass is 79.9. The first kappa shape index (κ1) is 11.7. The van der Waals surface area contributed by atoms with E-state index in [1.165, 1.54) is 11.1 Å². The van der Waals surface area contributed by atoms with Gasteiger partial charge in [0.25, 0.3) is 0 Å². The summed E-state index contributed by atoms with van der Waals surface area (Å²) in [6, 6.07) is 6.15. The lowest BCUT2D eigenvalue weighted by molar-refractivity contribution is 0.0885. The first-order valence-corrected chi connectivity index (χ1v) is 5.46. The molecule has 1 atom stereocenters. The Morgan fingerprint density at radius 1 is 1.43 bits per heavy atom. The molecule has 14 heavy (non-hydrogen) atoms. The molecule has 0 heterocycles. The van der Waals surface area contributed by atoms with Crippen molar-refractivity contribution in [3.63, 3.8) is 0 Å². The standard InChI is InChI=1S/C11H15BrO2/c1-8-2-3-9(11(12)6-8)4-5-10(14)7-13/h2-3,6,10,13-14H,4-5,7H2,1H3. The molecule has 0 saturated carbocycles. The van der Waals surface area contributed by atoms with Crippen LogP contribution in [-0.4, -0.2) is 22.9 Å². The first-order chi connectivity index (χ1) is 6.63. The van der Waals surface area contributed by atoms with Gasteiger partial charge in [0.1, 0.15) is 0 Å². The van der Waals surface area contributed by atoms with Crippen LogP contribution in [0.1, 0.15) is 17.5 Å². The lowest BCUT2D eigenvalue weighted by atomic mass is 10.1. The van der Waals surface area contributed by atoms with Gasteiger partial charge in [0, 0.05) is 4.47 Å². The van der Waals surface area contributed by atoms with Gasteiger partial charge in [-0.3, -0.25) is 0 Å². The second-order valence-corrected chi connectivity index (χ2v) is 4.32. The van der Waals surface area contributed by atoms with Gasteiger partial charge in [-0.15, -0.1) is 0 Å². The van der Waals surface area contributed by atoms with E-state index in [0.717, 1.165) is 10.9 Å². The molecule has 2 nitrogen and oxygen atoms in total. The molecule has 0 aromatic heterocycles. The Labute approximate surface area is 92.7 Å². The van der Waals surface area contributed by atoms with Gasteiger partial charge in [-0.2, -0.15) is 0 Å². The van der Waals surface area contributed by atoms with Gasteiger partial charge >= 0.3 is 0 Å². The smallest absolute Gasteiger partial charge is 0.0774 e. The molecule has 0 bridgehead atoms. The van der Waals surface area contributed by atoms with Gasteiger partial charge in [0.15, 0.2) is 0 Å². The molecule has 78 valence electrons. The third-order valence-corrected chi connectivity index (χ3v) is 2.90. The van der Waals surface area contributed by atoms with Crippen LogP contribution in [0.25, 0.3) is 0 Å². The van der Waals surface area contributed by atoms with Crippen LogP contribution in [0, 0.1) is 6.92 Å². The maximum absolute atomic E-state index is 9.20. The van der Waals surface area contributed by atoms with Crippen molar-refractivity contribution >= 4 is 15.9 Å². The van der Waals surface area contributed by atoms with Crippen molar-refractivity contribution in [2.75, 3.05) is 6.61 Å². The summed E-state index contributed by atoms with van der Waals surface area (Å²) in [6.45, 7) is 1.88. The SMILES string of the molecule is Cc1ccc(CCC(O)CO)c(Br)c1. The Balaban J connectivity index is 2.59. The largest absolute Gasteiger partial charge is 0.394 e. The van der Waals surface area contributed by atoms with Crippen LogP contribution in [0.3, 0.4) is 0 Å². The Morgan fingerprint density at radius 3 is 2.71 bits per heavy atom. The molecule has 0 aliphatic heterocycles. The molecule has 1 aromatic rings. The van der Waals surface area contributed by atoms with E-state index in [1.807, 2.05) is 19.1 Å². The van der Waals surface area contributed by atoms with Gasteiger partial charge in [0.2, 0.25) is 0 Å². The molecular weight excluding hydrogens is 244 g/mol. The second kappa shape index (κ2) is 5.49. The van der Waals surface area contributed by atoms with Gasteiger partial charge in [-0.25, -0.2) is 0 Å². The fourth-order valence-electron chi connectivity index (χ4n) is 1.27. The number of hydrogen-bond acceptors (Lipinski definition) is 2. The van der Waals surface area contributed by atoms with Crippen molar-refractivity contribution in [3.8, 4) is 0 Å². The Bertz CT molecular complexity index is 299. The first-order valence-electron chi connectivity index (χ1n) is 4.67. The van der Waals surface area contributed by atoms with Gasteiger partial charge in [0.05, 0.1) is 12.7 Å². The molecule has 0 saturated heterocycles. The molecule has 1 rings (SSSR count). The fourth-order valence-corrected chi connectivity index (χ4v) is 1.96. The maximum Gasteiger partial charge on any atom is 0.0774 e. The van der Waals surface area contributed by atoms with Crippen molar-refractivity contribution in [1.82, 2.24) is 0 Å². The molecule has 1 aromatic carbocycles. The van der Waals surface area contributed by atoms with Gasteiger partial charge in [-0.05, 0) is 37.0 Å². The van der Waals surface area contributed by atoms with Crippen molar-refractivity contribution in [1.29, 1.82) is 0 Å². The van der Waals surface area contributed by atoms with Crippen LogP contribution in [-0.2, 0) is 6.42 Å². The third kappa shape index (κ3) is 3.40. The summed E-state index contributed by atoms with van der Waals surface area (Å²) in [4.78, 5) is 0. The summed E-state index contributed by atoms with van der Waals surface area (Å²) in [5, 5.41) is 17.9. The Morgan fingerprint density at radius 2 is 2.14 bits per heavy atom. The summed E-state index contributed by atoms with van der Waals surface area (Å²) in [5.74, 6) is 0. The maximum atomic E-state index is 9.20. The Kier molecular flexibility index (Phi) is 4.58. The monoisotopic (exact) mass is 258 g/mol. The third-order valence-electron chi connectivity index (χ3n) is 2.17. The molecule has 2 N–H and O–H groups in total. The molecular formula is C11H15BrO2. The van der Waals surface area contributed by atoms with Crippen molar-refractivity contribution in [2.45, 2.75) is 25.9 Å². The number of aliphatic hydroxyl groups excluding tert-OH is 2. The van der Waals surface area contributed by atoms with E-state index in [1.54, 1.807) is 0 Å². The van der Waals surface area contributed by atoms with E-state index in [0.29, 0.717) is 6.42 Å². The molecule has 0 aliphatic rings. The molecule has 0 amide bonds. The lowest BCUT2D eigenvalue weighted by Crippen LogP contribution is -2.12. The quantitative estimate of drug-likeness (QED) is 0.868. The average Bonchev–Trinajstić information content (AvgIpc) is 2.16. The van der Waals surface area contributed by atoms with Crippen LogP contribution in [0.2, 0.25) is 0 Å². The summed E-state index contributed by atoms with van der Waals surface area (Å²) >= 11 is 3.47. The van der Waals surface area contributed by atoms with Crippen molar-refractivity contribution in [3.05, 3.63) is 33.8 Å². The van der Waals surface area contributed by atoms with Crippen LogP contribution in [0.15, 0.2) is 22.7 Å². The molecule has 0 radical (unpaired) electrons. The highest BCUT2D eigenvalue weighted by Crippen LogP contribution is 2.20. The molecule has 0 spiro atoms. The van der Waals surface area contributed by atoms with E-state index >= 15 is 0 Å². The number of aliphatic hydroxyl groups is 2. The predicted molar refractivity (Wildman–Crippen MR) is 60.3 cm³/mol. The Hall–Kier alpha value is -0.380. The minimum absolute atomic E-state index is 0.163. The summed E-state index contributed by atoms with van der Waals surface area (Å²) in [7, 11) is 0. The van der Waals surface area contributed by atoms with Crippen LogP contribution in [0.5, 0.6) is 0 Å². The summed E-state index contributed by atoms with van der Waals surface area (Å²) in [6.07, 6.45) is 0.768. The summed E-state index contributed by atoms with van der Waals surface area (Å²) < 4.78 is 1.07. The van der Waals surface area contributed by atoms with Crippen molar-refractivity contribution < 1.29 is 10.2 Å². The highest BCUT2D eigenvalue weighted by molar-refractivity contribution is 9.10. The normalized spacial score (nSPS) is 12.9. The van der Waals surface area contributed by atoms with Crippen LogP contribution >= 0.6 is 15.9 Å². The second-order valence-electron chi connectivity index (χ2n) is 3.47. The fraction of sp³-hybridized carbons (Fsp3) is 0.455. The average molecular weight is 259 g/mol. The zero-order valence-corrected chi connectivity index (χ0v) is 9.79. The number of hydrogen-bond donors (Lipinski definition) is 2. The van der Waals surface area contributed by atoms with Crippen LogP contribution < -0.4 is 0 Å². The van der Waals surface area contributed by atoms with E-state index < -0.39 is 6.10 Å². The lowest BCUT2D eigenvalue weighted by Gasteiger charge is -2.08. The zero-order valence-electron chi connectivity index (χ0n) is 8.20. The minimum Gasteiger partial charge on any atom is -0.394 e. The van der Waals surface area contributed by atoms with Gasteiger partial charge in [-0.1, -0.05) is 28.1 Å². The molecule has 0 aliphatic carbocycles. The number of halogens is 1. The topological polar surface area (TPSA) is 40.5 Å². The van der Waals surface area contributed by atoms with E-state index in [-0.39, 0.29) is 6.61 Å². The molecule has 1 unspecified atom stereocenters. The minimum atomic E-state index is -0.608. The molecule has 3 heteroatoms. The van der Waals surface area contributed by atoms with Crippen molar-refractivity contribution in [2.24, 2.45) is 0 Å². The number of aryl methyl sites for hydroxylation is 2. The molecule has 0 fully saturated rings. The zero-order chi connectivity index (χ0) is 10.6. The number of rotatable bonds is 4. The summed E-state index contributed by atoms with van der Waals surface area (Å²) in [5.41, 5.74) is 2.38. The van der Waals surface area contributed by atoms with Crippen LogP contribution in [0.4, 0.5) is 0 Å². The van der Waals surface area contributed by atoms with Gasteiger partial charge < -0.3 is 10.2 Å². The number of benzene rings is 1. The highest BCUT2D eigenvalue weighted by Gasteiger charge is 2.05.